The number of amides is 2. The highest BCUT2D eigenvalue weighted by atomic mass is 32.2. The van der Waals surface area contributed by atoms with Crippen molar-refractivity contribution in [3.63, 3.8) is 0 Å². The molecule has 0 aromatic carbocycles. The average molecular weight is 382 g/mol. The summed E-state index contributed by atoms with van der Waals surface area (Å²) in [6.45, 7) is 2.17. The van der Waals surface area contributed by atoms with Gasteiger partial charge in [-0.2, -0.15) is 0 Å². The van der Waals surface area contributed by atoms with Gasteiger partial charge in [-0.05, 0) is 11.4 Å². The smallest absolute Gasteiger partial charge is 0.277 e. The van der Waals surface area contributed by atoms with Crippen molar-refractivity contribution in [2.75, 3.05) is 30.1 Å². The van der Waals surface area contributed by atoms with Gasteiger partial charge in [-0.1, -0.05) is 24.8 Å². The molecule has 25 heavy (non-hydrogen) atoms. The van der Waals surface area contributed by atoms with Gasteiger partial charge in [-0.25, -0.2) is 4.98 Å². The number of anilines is 2. The molecule has 0 aliphatic heterocycles. The number of aromatic amines is 1. The van der Waals surface area contributed by atoms with Gasteiger partial charge < -0.3 is 15.4 Å². The molecular weight excluding hydrogens is 364 g/mol. The predicted octanol–water partition coefficient (Wildman–Crippen LogP) is 2.17. The summed E-state index contributed by atoms with van der Waals surface area (Å²) in [5.74, 6) is -0.131. The monoisotopic (exact) mass is 382 g/mol. The molecule has 0 spiro atoms. The van der Waals surface area contributed by atoms with Crippen LogP contribution in [0.3, 0.4) is 0 Å². The molecular formula is C15H18N4O4S2. The maximum atomic E-state index is 12.4. The first-order valence-electron chi connectivity index (χ1n) is 7.46. The second kappa shape index (κ2) is 9.35. The van der Waals surface area contributed by atoms with Crippen LogP contribution in [0.4, 0.5) is 11.5 Å². The van der Waals surface area contributed by atoms with Crippen molar-refractivity contribution >= 4 is 46.4 Å². The number of aromatic nitrogens is 2. The van der Waals surface area contributed by atoms with Crippen molar-refractivity contribution < 1.29 is 14.3 Å². The number of ether oxygens (including phenoxy) is 1. The summed E-state index contributed by atoms with van der Waals surface area (Å²) in [5.41, 5.74) is -0.623. The molecule has 2 aromatic rings. The summed E-state index contributed by atoms with van der Waals surface area (Å²) in [4.78, 5) is 43.6. The number of rotatable bonds is 8. The van der Waals surface area contributed by atoms with Gasteiger partial charge >= 0.3 is 0 Å². The highest BCUT2D eigenvalue weighted by molar-refractivity contribution is 7.99. The zero-order chi connectivity index (χ0) is 18.2. The topological polar surface area (TPSA) is 113 Å². The van der Waals surface area contributed by atoms with E-state index in [1.165, 1.54) is 23.1 Å². The summed E-state index contributed by atoms with van der Waals surface area (Å²) in [7, 11) is 1.58. The van der Waals surface area contributed by atoms with E-state index in [0.717, 1.165) is 0 Å². The van der Waals surface area contributed by atoms with Crippen LogP contribution < -0.4 is 16.2 Å². The van der Waals surface area contributed by atoms with E-state index in [1.807, 2.05) is 0 Å². The molecule has 2 amide bonds. The molecule has 0 saturated heterocycles. The van der Waals surface area contributed by atoms with E-state index >= 15 is 0 Å². The molecule has 2 aromatic heterocycles. The largest absolute Gasteiger partial charge is 0.384 e. The summed E-state index contributed by atoms with van der Waals surface area (Å²) in [6, 6.07) is 3.37. The fourth-order valence-electron chi connectivity index (χ4n) is 1.75. The minimum atomic E-state index is -0.536. The Morgan fingerprint density at radius 2 is 2.20 bits per heavy atom. The van der Waals surface area contributed by atoms with Gasteiger partial charge in [0.05, 0.1) is 11.5 Å². The third-order valence-corrected chi connectivity index (χ3v) is 4.69. The number of carbonyl (C=O) groups is 2. The van der Waals surface area contributed by atoms with Gasteiger partial charge in [0.1, 0.15) is 0 Å². The first kappa shape index (κ1) is 19.2. The zero-order valence-electron chi connectivity index (χ0n) is 13.8. The van der Waals surface area contributed by atoms with E-state index in [1.54, 1.807) is 31.5 Å². The van der Waals surface area contributed by atoms with Crippen LogP contribution in [0, 0.1) is 0 Å². The SMILES string of the molecule is CCC(=O)Nc1nc(SCCOC)[nH]c(=O)c1NC(=O)c1cccs1. The molecule has 10 heteroatoms. The molecule has 0 unspecified atom stereocenters. The lowest BCUT2D eigenvalue weighted by molar-refractivity contribution is -0.115. The molecule has 134 valence electrons. The Labute approximate surface area is 152 Å². The Hall–Kier alpha value is -2.17. The minimum Gasteiger partial charge on any atom is -0.384 e. The second-order valence-electron chi connectivity index (χ2n) is 4.77. The highest BCUT2D eigenvalue weighted by Gasteiger charge is 2.17. The van der Waals surface area contributed by atoms with Gasteiger partial charge in [0, 0.05) is 19.3 Å². The number of methoxy groups -OCH3 is 1. The van der Waals surface area contributed by atoms with E-state index in [9.17, 15) is 14.4 Å². The lowest BCUT2D eigenvalue weighted by Crippen LogP contribution is -2.24. The van der Waals surface area contributed by atoms with Crippen molar-refractivity contribution in [1.82, 2.24) is 9.97 Å². The van der Waals surface area contributed by atoms with E-state index in [2.05, 4.69) is 20.6 Å². The van der Waals surface area contributed by atoms with E-state index < -0.39 is 11.5 Å². The van der Waals surface area contributed by atoms with Crippen molar-refractivity contribution in [1.29, 1.82) is 0 Å². The number of hydrogen-bond donors (Lipinski definition) is 3. The Balaban J connectivity index is 2.30. The Morgan fingerprint density at radius 1 is 1.40 bits per heavy atom. The minimum absolute atomic E-state index is 0.0282. The van der Waals surface area contributed by atoms with E-state index in [0.29, 0.717) is 22.4 Å². The molecule has 0 aliphatic carbocycles. The normalized spacial score (nSPS) is 10.5. The quantitative estimate of drug-likeness (QED) is 0.366. The molecule has 2 heterocycles. The molecule has 0 aliphatic rings. The molecule has 0 bridgehead atoms. The molecule has 0 saturated carbocycles. The van der Waals surface area contributed by atoms with Crippen molar-refractivity contribution in [3.8, 4) is 0 Å². The average Bonchev–Trinajstić information content (AvgIpc) is 3.12. The number of nitrogens with zero attached hydrogens (tertiary/aromatic N) is 1. The van der Waals surface area contributed by atoms with Crippen LogP contribution in [0.25, 0.3) is 0 Å². The predicted molar refractivity (Wildman–Crippen MR) is 98.7 cm³/mol. The maximum absolute atomic E-state index is 12.4. The Bertz CT molecular complexity index is 789. The summed E-state index contributed by atoms with van der Waals surface area (Å²) in [5, 5.41) is 7.17. The molecule has 8 nitrogen and oxygen atoms in total. The maximum Gasteiger partial charge on any atom is 0.277 e. The van der Waals surface area contributed by atoms with Gasteiger partial charge in [0.25, 0.3) is 11.5 Å². The second-order valence-corrected chi connectivity index (χ2v) is 6.80. The first-order chi connectivity index (χ1) is 12.0. The van der Waals surface area contributed by atoms with Crippen LogP contribution in [0.1, 0.15) is 23.0 Å². The van der Waals surface area contributed by atoms with Crippen LogP contribution in [0.15, 0.2) is 27.5 Å². The number of hydrogen-bond acceptors (Lipinski definition) is 7. The third kappa shape index (κ3) is 5.41. The van der Waals surface area contributed by atoms with E-state index in [-0.39, 0.29) is 23.8 Å². The molecule has 0 radical (unpaired) electrons. The van der Waals surface area contributed by atoms with Crippen molar-refractivity contribution in [2.45, 2.75) is 18.5 Å². The molecule has 0 fully saturated rings. The van der Waals surface area contributed by atoms with E-state index in [4.69, 9.17) is 4.74 Å². The van der Waals surface area contributed by atoms with Gasteiger partial charge in [0.2, 0.25) is 5.91 Å². The zero-order valence-corrected chi connectivity index (χ0v) is 15.4. The standard InChI is InChI=1S/C15H18N4O4S2/c1-3-10(20)16-12-11(17-13(21)9-5-4-7-24-9)14(22)19-15(18-12)25-8-6-23-2/h4-5,7H,3,6,8H2,1-2H3,(H,17,21)(H2,16,18,19,20,22). The van der Waals surface area contributed by atoms with Crippen LogP contribution in [-0.4, -0.2) is 41.3 Å². The van der Waals surface area contributed by atoms with Crippen molar-refractivity contribution in [3.05, 3.63) is 32.7 Å². The number of nitrogens with one attached hydrogen (secondary N) is 3. The van der Waals surface area contributed by atoms with Crippen LogP contribution in [0.2, 0.25) is 0 Å². The number of carbonyl (C=O) groups excluding carboxylic acids is 2. The number of thiophene rings is 1. The van der Waals surface area contributed by atoms with Crippen LogP contribution >= 0.6 is 23.1 Å². The van der Waals surface area contributed by atoms with Gasteiger partial charge in [-0.15, -0.1) is 11.3 Å². The number of thioether (sulfide) groups is 1. The summed E-state index contributed by atoms with van der Waals surface area (Å²) in [6.07, 6.45) is 0.221. The van der Waals surface area contributed by atoms with Crippen LogP contribution in [0.5, 0.6) is 0 Å². The molecule has 0 atom stereocenters. The summed E-state index contributed by atoms with van der Waals surface area (Å²) < 4.78 is 4.96. The fourth-order valence-corrected chi connectivity index (χ4v) is 3.14. The van der Waals surface area contributed by atoms with Gasteiger partial charge in [0.15, 0.2) is 16.7 Å². The molecule has 2 rings (SSSR count). The van der Waals surface area contributed by atoms with Gasteiger partial charge in [-0.3, -0.25) is 19.4 Å². The lowest BCUT2D eigenvalue weighted by atomic mass is 10.3. The Kier molecular flexibility index (Phi) is 7.16. The third-order valence-electron chi connectivity index (χ3n) is 2.99. The highest BCUT2D eigenvalue weighted by Crippen LogP contribution is 2.20. The first-order valence-corrected chi connectivity index (χ1v) is 9.32. The Morgan fingerprint density at radius 3 is 2.84 bits per heavy atom. The van der Waals surface area contributed by atoms with Crippen molar-refractivity contribution in [2.24, 2.45) is 0 Å². The number of H-pyrrole nitrogens is 1. The molecule has 3 N–H and O–H groups in total. The summed E-state index contributed by atoms with van der Waals surface area (Å²) >= 11 is 2.53. The fraction of sp³-hybridized carbons (Fsp3) is 0.333. The van der Waals surface area contributed by atoms with Crippen LogP contribution in [-0.2, 0) is 9.53 Å². The lowest BCUT2D eigenvalue weighted by Gasteiger charge is -2.11.